The van der Waals surface area contributed by atoms with Crippen molar-refractivity contribution < 1.29 is 13.2 Å². The highest BCUT2D eigenvalue weighted by molar-refractivity contribution is 7.89. The van der Waals surface area contributed by atoms with Crippen molar-refractivity contribution in [2.75, 3.05) is 19.6 Å². The lowest BCUT2D eigenvalue weighted by Gasteiger charge is -2.28. The number of hydrogen-bond donors (Lipinski definition) is 0. The first-order valence-electron chi connectivity index (χ1n) is 8.02. The van der Waals surface area contributed by atoms with E-state index < -0.39 is 16.1 Å². The highest BCUT2D eigenvalue weighted by Crippen LogP contribution is 2.30. The zero-order valence-corrected chi connectivity index (χ0v) is 15.3. The van der Waals surface area contributed by atoms with Crippen molar-refractivity contribution in [2.24, 2.45) is 0 Å². The van der Waals surface area contributed by atoms with Crippen LogP contribution in [0.4, 0.5) is 0 Å². The minimum atomic E-state index is -3.79. The summed E-state index contributed by atoms with van der Waals surface area (Å²) in [4.78, 5) is 14.5. The minimum Gasteiger partial charge on any atom is -0.342 e. The predicted molar refractivity (Wildman–Crippen MR) is 92.3 cm³/mol. The number of amides is 1. The summed E-state index contributed by atoms with van der Waals surface area (Å²) in [6, 6.07) is 4.31. The number of sulfonamides is 1. The van der Waals surface area contributed by atoms with E-state index in [9.17, 15) is 13.2 Å². The second-order valence-electron chi connectivity index (χ2n) is 5.67. The van der Waals surface area contributed by atoms with Gasteiger partial charge in [-0.15, -0.1) is 0 Å². The van der Waals surface area contributed by atoms with Gasteiger partial charge < -0.3 is 4.90 Å². The molecule has 1 fully saturated rings. The first kappa shape index (κ1) is 17.2. The van der Waals surface area contributed by atoms with Gasteiger partial charge >= 0.3 is 0 Å². The summed E-state index contributed by atoms with van der Waals surface area (Å²) in [5.41, 5.74) is 0.940. The maximum Gasteiger partial charge on any atom is 0.246 e. The van der Waals surface area contributed by atoms with E-state index in [0.717, 1.165) is 11.7 Å². The lowest BCUT2D eigenvalue weighted by atomic mass is 10.2. The van der Waals surface area contributed by atoms with E-state index in [0.29, 0.717) is 43.5 Å². The molecule has 2 heterocycles. The highest BCUT2D eigenvalue weighted by Gasteiger charge is 2.41. The van der Waals surface area contributed by atoms with Crippen molar-refractivity contribution in [3.8, 4) is 0 Å². The van der Waals surface area contributed by atoms with Gasteiger partial charge in [-0.1, -0.05) is 6.07 Å². The van der Waals surface area contributed by atoms with Crippen LogP contribution < -0.4 is 0 Å². The summed E-state index contributed by atoms with van der Waals surface area (Å²) in [6.45, 7) is 5.30. The molecule has 130 valence electrons. The molecule has 1 aromatic heterocycles. The molecule has 1 amide bonds. The fourth-order valence-electron chi connectivity index (χ4n) is 3.14. The van der Waals surface area contributed by atoms with E-state index in [1.165, 1.54) is 10.4 Å². The van der Waals surface area contributed by atoms with Gasteiger partial charge in [0.15, 0.2) is 0 Å². The maximum atomic E-state index is 13.2. The minimum absolute atomic E-state index is 0.121. The molecule has 1 unspecified atom stereocenters. The third-order valence-electron chi connectivity index (χ3n) is 4.40. The molecule has 0 spiro atoms. The number of benzene rings is 1. The quantitative estimate of drug-likeness (QED) is 0.802. The number of carbonyl (C=O) groups excluding carboxylic acids is 1. The summed E-state index contributed by atoms with van der Waals surface area (Å²) < 4.78 is 35.9. The largest absolute Gasteiger partial charge is 0.342 e. The van der Waals surface area contributed by atoms with E-state index in [4.69, 9.17) is 0 Å². The Labute approximate surface area is 145 Å². The molecule has 1 saturated heterocycles. The summed E-state index contributed by atoms with van der Waals surface area (Å²) in [7, 11) is -3.79. The number of likely N-dealkylation sites (N-methyl/N-ethyl adjacent to an activating group) is 1. The average Bonchev–Trinajstić information content (AvgIpc) is 3.24. The number of hydrogen-bond acceptors (Lipinski definition) is 6. The number of carbonyl (C=O) groups is 1. The van der Waals surface area contributed by atoms with Gasteiger partial charge in [0.2, 0.25) is 15.9 Å². The molecule has 0 N–H and O–H groups in total. The van der Waals surface area contributed by atoms with Crippen LogP contribution in [0.1, 0.15) is 26.7 Å². The molecule has 0 aliphatic carbocycles. The zero-order valence-electron chi connectivity index (χ0n) is 13.7. The van der Waals surface area contributed by atoms with Crippen molar-refractivity contribution in [3.05, 3.63) is 18.2 Å². The van der Waals surface area contributed by atoms with E-state index in [1.54, 1.807) is 17.0 Å². The molecule has 0 bridgehead atoms. The lowest BCUT2D eigenvalue weighted by Crippen LogP contribution is -2.47. The van der Waals surface area contributed by atoms with E-state index in [-0.39, 0.29) is 10.8 Å². The van der Waals surface area contributed by atoms with Crippen LogP contribution in [0.2, 0.25) is 0 Å². The molecule has 0 radical (unpaired) electrons. The Morgan fingerprint density at radius 3 is 2.79 bits per heavy atom. The number of aromatic nitrogens is 2. The van der Waals surface area contributed by atoms with Crippen LogP contribution in [0.25, 0.3) is 11.0 Å². The van der Waals surface area contributed by atoms with Crippen LogP contribution >= 0.6 is 11.7 Å². The topological polar surface area (TPSA) is 83.5 Å². The molecule has 7 nitrogen and oxygen atoms in total. The lowest BCUT2D eigenvalue weighted by molar-refractivity contribution is -0.134. The standard InChI is InChI=1S/C15H20N4O3S2/c1-3-18(4-2)15(20)12-8-6-10-19(12)24(21,22)13-9-5-7-11-14(13)17-23-16-11/h5,7,9,12H,3-4,6,8,10H2,1-2H3. The third kappa shape index (κ3) is 2.80. The van der Waals surface area contributed by atoms with E-state index in [2.05, 4.69) is 8.75 Å². The molecule has 24 heavy (non-hydrogen) atoms. The summed E-state index contributed by atoms with van der Waals surface area (Å²) in [5, 5.41) is 0. The van der Waals surface area contributed by atoms with Gasteiger partial charge in [0.05, 0.1) is 11.7 Å². The Hall–Kier alpha value is -1.58. The van der Waals surface area contributed by atoms with Crippen molar-refractivity contribution in [2.45, 2.75) is 37.6 Å². The fraction of sp³-hybridized carbons (Fsp3) is 0.533. The van der Waals surface area contributed by atoms with Crippen LogP contribution in [0, 0.1) is 0 Å². The molecular weight excluding hydrogens is 348 g/mol. The molecule has 9 heteroatoms. The maximum absolute atomic E-state index is 13.2. The predicted octanol–water partition coefficient (Wildman–Crippen LogP) is 1.71. The summed E-state index contributed by atoms with van der Waals surface area (Å²) in [6.07, 6.45) is 1.24. The smallest absolute Gasteiger partial charge is 0.246 e. The number of fused-ring (bicyclic) bond motifs is 1. The molecule has 0 saturated carbocycles. The van der Waals surface area contributed by atoms with Crippen molar-refractivity contribution in [3.63, 3.8) is 0 Å². The second-order valence-corrected chi connectivity index (χ2v) is 8.06. The van der Waals surface area contributed by atoms with Gasteiger partial charge in [0.25, 0.3) is 0 Å². The van der Waals surface area contributed by atoms with Crippen molar-refractivity contribution >= 4 is 38.7 Å². The van der Waals surface area contributed by atoms with Gasteiger partial charge in [0, 0.05) is 19.6 Å². The average molecular weight is 368 g/mol. The van der Waals surface area contributed by atoms with Gasteiger partial charge in [-0.3, -0.25) is 4.79 Å². The van der Waals surface area contributed by atoms with Crippen LogP contribution in [-0.2, 0) is 14.8 Å². The normalized spacial score (nSPS) is 19.0. The Morgan fingerprint density at radius 2 is 2.08 bits per heavy atom. The Morgan fingerprint density at radius 1 is 1.33 bits per heavy atom. The van der Waals surface area contributed by atoms with Gasteiger partial charge in [0.1, 0.15) is 22.0 Å². The Kier molecular flexibility index (Phi) is 4.84. The SMILES string of the molecule is CCN(CC)C(=O)C1CCCN1S(=O)(=O)c1cccc2nsnc12. The molecule has 1 aromatic carbocycles. The second kappa shape index (κ2) is 6.73. The molecule has 1 atom stereocenters. The number of rotatable bonds is 5. The monoisotopic (exact) mass is 368 g/mol. The van der Waals surface area contributed by atoms with Gasteiger partial charge in [-0.2, -0.15) is 13.1 Å². The number of nitrogens with zero attached hydrogens (tertiary/aromatic N) is 4. The molecule has 1 aliphatic heterocycles. The van der Waals surface area contributed by atoms with E-state index in [1.807, 2.05) is 13.8 Å². The van der Waals surface area contributed by atoms with Crippen LogP contribution in [0.3, 0.4) is 0 Å². The fourth-order valence-corrected chi connectivity index (χ4v) is 5.54. The summed E-state index contributed by atoms with van der Waals surface area (Å²) >= 11 is 0.987. The van der Waals surface area contributed by atoms with Crippen LogP contribution in [0.5, 0.6) is 0 Å². The molecular formula is C15H20N4O3S2. The first-order valence-corrected chi connectivity index (χ1v) is 10.2. The Balaban J connectivity index is 2.00. The summed E-state index contributed by atoms with van der Waals surface area (Å²) in [5.74, 6) is -0.121. The van der Waals surface area contributed by atoms with Gasteiger partial charge in [-0.05, 0) is 38.8 Å². The van der Waals surface area contributed by atoms with Gasteiger partial charge in [-0.25, -0.2) is 8.42 Å². The Bertz CT molecular complexity index is 845. The van der Waals surface area contributed by atoms with Crippen molar-refractivity contribution in [1.29, 1.82) is 0 Å². The van der Waals surface area contributed by atoms with Crippen LogP contribution in [-0.4, -0.2) is 58.0 Å². The molecule has 2 aromatic rings. The van der Waals surface area contributed by atoms with E-state index >= 15 is 0 Å². The third-order valence-corrected chi connectivity index (χ3v) is 6.88. The highest BCUT2D eigenvalue weighted by atomic mass is 32.2. The molecule has 3 rings (SSSR count). The first-order chi connectivity index (χ1) is 11.5. The zero-order chi connectivity index (χ0) is 17.3. The molecule has 1 aliphatic rings. The van der Waals surface area contributed by atoms with Crippen molar-refractivity contribution in [1.82, 2.24) is 18.0 Å². The van der Waals surface area contributed by atoms with Crippen LogP contribution in [0.15, 0.2) is 23.1 Å².